The molecule has 0 bridgehead atoms. The number of carbonyl (C=O) groups is 2. The van der Waals surface area contributed by atoms with Gasteiger partial charge in [0, 0.05) is 32.4 Å². The van der Waals surface area contributed by atoms with Crippen LogP contribution in [0.25, 0.3) is 0 Å². The highest BCUT2D eigenvalue weighted by Gasteiger charge is 2.44. The van der Waals surface area contributed by atoms with Crippen molar-refractivity contribution in [3.8, 4) is 0 Å². The number of aliphatic hydroxyl groups excluding tert-OH is 1. The monoisotopic (exact) mass is 676 g/mol. The smallest absolute Gasteiger partial charge is 0.407 e. The van der Waals surface area contributed by atoms with E-state index in [0.29, 0.717) is 31.7 Å². The Labute approximate surface area is 277 Å². The van der Waals surface area contributed by atoms with E-state index < -0.39 is 52.2 Å². The number of hydrogen-bond acceptors (Lipinski definition) is 10. The number of carbonyl (C=O) groups excluding carboxylic acids is 2. The van der Waals surface area contributed by atoms with Gasteiger partial charge in [-0.25, -0.2) is 18.0 Å². The van der Waals surface area contributed by atoms with E-state index in [1.165, 1.54) is 17.5 Å². The maximum atomic E-state index is 14.2. The molecule has 0 unspecified atom stereocenters. The van der Waals surface area contributed by atoms with Crippen molar-refractivity contribution < 1.29 is 42.1 Å². The van der Waals surface area contributed by atoms with Gasteiger partial charge >= 0.3 is 12.2 Å². The number of alkyl carbamates (subject to hydrolysis) is 2. The molecule has 2 aromatic carbocycles. The Morgan fingerprint density at radius 3 is 2.60 bits per heavy atom. The molecule has 2 saturated heterocycles. The molecule has 0 aliphatic carbocycles. The molecule has 0 spiro atoms. The minimum Gasteiger partial charge on any atom is -0.453 e. The molecule has 13 nitrogen and oxygen atoms in total. The van der Waals surface area contributed by atoms with E-state index in [1.807, 2.05) is 44.2 Å². The molecule has 0 saturated carbocycles. The van der Waals surface area contributed by atoms with Gasteiger partial charge in [0.2, 0.25) is 10.0 Å². The number of amides is 2. The summed E-state index contributed by atoms with van der Waals surface area (Å²) < 4.78 is 51.1. The molecule has 2 fully saturated rings. The van der Waals surface area contributed by atoms with Crippen LogP contribution in [0.15, 0.2) is 59.5 Å². The Balaban J connectivity index is 1.55. The molecule has 47 heavy (non-hydrogen) atoms. The molecule has 2 heterocycles. The van der Waals surface area contributed by atoms with Crippen molar-refractivity contribution in [3.05, 3.63) is 60.2 Å². The molecular formula is C33H48N4O9S. The Kier molecular flexibility index (Phi) is 12.9. The molecule has 14 heteroatoms. The van der Waals surface area contributed by atoms with Gasteiger partial charge in [-0.1, -0.05) is 50.2 Å². The van der Waals surface area contributed by atoms with Crippen molar-refractivity contribution in [1.82, 2.24) is 14.9 Å². The second-order valence-electron chi connectivity index (χ2n) is 12.7. The van der Waals surface area contributed by atoms with E-state index in [-0.39, 0.29) is 36.9 Å². The van der Waals surface area contributed by atoms with Gasteiger partial charge in [0.1, 0.15) is 6.10 Å². The zero-order valence-electron chi connectivity index (χ0n) is 27.5. The highest BCUT2D eigenvalue weighted by atomic mass is 32.2. The first-order valence-electron chi connectivity index (χ1n) is 15.9. The third-order valence-corrected chi connectivity index (χ3v) is 10.4. The quantitative estimate of drug-likeness (QED) is 0.194. The second-order valence-corrected chi connectivity index (χ2v) is 14.7. The van der Waals surface area contributed by atoms with Crippen molar-refractivity contribution in [3.63, 3.8) is 0 Å². The van der Waals surface area contributed by atoms with Crippen LogP contribution in [0.2, 0.25) is 0 Å². The average molecular weight is 677 g/mol. The summed E-state index contributed by atoms with van der Waals surface area (Å²) >= 11 is 0. The molecule has 2 aromatic rings. The maximum absolute atomic E-state index is 14.2. The maximum Gasteiger partial charge on any atom is 0.407 e. The first-order valence-corrected chi connectivity index (χ1v) is 17.4. The van der Waals surface area contributed by atoms with Crippen molar-refractivity contribution in [2.24, 2.45) is 11.3 Å². The standard InChI is InChI=1S/C33H48N4O9S/c1-33(2,15-9-16-35-31(39)43-4)22-37(47(41,42)25-13-8-12-24(19-25)34-3)20-28(38)27(18-23-10-6-5-7-11-23)36-32(40)46-29-21-45-30-26(29)14-17-44-30/h5-8,10-13,19,26-30,34,38H,9,14-18,20-22H2,1-4H3,(H,35,39)(H,36,40)/t26-,27-,28+,29-,30+/m0/s1. The predicted octanol–water partition coefficient (Wildman–Crippen LogP) is 3.34. The molecule has 260 valence electrons. The number of ether oxygens (including phenoxy) is 4. The van der Waals surface area contributed by atoms with Crippen molar-refractivity contribution >= 4 is 27.9 Å². The van der Waals surface area contributed by atoms with Crippen LogP contribution in [0.4, 0.5) is 15.3 Å². The van der Waals surface area contributed by atoms with Gasteiger partial charge in [-0.05, 0) is 54.9 Å². The van der Waals surface area contributed by atoms with Gasteiger partial charge in [0.25, 0.3) is 0 Å². The van der Waals surface area contributed by atoms with E-state index in [1.54, 1.807) is 25.2 Å². The zero-order valence-corrected chi connectivity index (χ0v) is 28.3. The van der Waals surface area contributed by atoms with Gasteiger partial charge < -0.3 is 40.0 Å². The number of rotatable bonds is 16. The van der Waals surface area contributed by atoms with Gasteiger partial charge in [0.15, 0.2) is 6.29 Å². The van der Waals surface area contributed by atoms with Crippen LogP contribution in [0.5, 0.6) is 0 Å². The molecule has 5 atom stereocenters. The minimum absolute atomic E-state index is 0.0581. The number of nitrogens with zero attached hydrogens (tertiary/aromatic N) is 1. The zero-order chi connectivity index (χ0) is 34.0. The summed E-state index contributed by atoms with van der Waals surface area (Å²) in [4.78, 5) is 24.8. The highest BCUT2D eigenvalue weighted by Crippen LogP contribution is 2.33. The van der Waals surface area contributed by atoms with Crippen molar-refractivity contribution in [2.75, 3.05) is 52.3 Å². The molecule has 0 radical (unpaired) electrons. The molecule has 0 aromatic heterocycles. The number of methoxy groups -OCH3 is 1. The second kappa shape index (κ2) is 16.6. The Morgan fingerprint density at radius 2 is 1.87 bits per heavy atom. The predicted molar refractivity (Wildman–Crippen MR) is 175 cm³/mol. The summed E-state index contributed by atoms with van der Waals surface area (Å²) in [5.41, 5.74) is 0.922. The fraction of sp³-hybridized carbons (Fsp3) is 0.576. The Hall–Kier alpha value is -3.43. The summed E-state index contributed by atoms with van der Waals surface area (Å²) in [5, 5.41) is 20.2. The number of hydrogen-bond donors (Lipinski definition) is 4. The summed E-state index contributed by atoms with van der Waals surface area (Å²) in [6.45, 7) is 4.76. The van der Waals surface area contributed by atoms with Crippen LogP contribution in [0.1, 0.15) is 38.7 Å². The third kappa shape index (κ3) is 10.3. The van der Waals surface area contributed by atoms with Gasteiger partial charge in [0.05, 0.1) is 43.3 Å². The van der Waals surface area contributed by atoms with Crippen LogP contribution in [-0.4, -0.2) is 102 Å². The lowest BCUT2D eigenvalue weighted by Gasteiger charge is -2.35. The van der Waals surface area contributed by atoms with E-state index in [0.717, 1.165) is 12.0 Å². The molecule has 2 aliphatic rings. The molecule has 4 rings (SSSR count). The van der Waals surface area contributed by atoms with Crippen LogP contribution >= 0.6 is 0 Å². The van der Waals surface area contributed by atoms with Crippen LogP contribution < -0.4 is 16.0 Å². The average Bonchev–Trinajstić information content (AvgIpc) is 3.68. The Morgan fingerprint density at radius 1 is 1.11 bits per heavy atom. The summed E-state index contributed by atoms with van der Waals surface area (Å²) in [7, 11) is -1.11. The number of benzene rings is 2. The van der Waals surface area contributed by atoms with E-state index in [4.69, 9.17) is 14.2 Å². The van der Waals surface area contributed by atoms with E-state index >= 15 is 0 Å². The largest absolute Gasteiger partial charge is 0.453 e. The summed E-state index contributed by atoms with van der Waals surface area (Å²) in [6.07, 6.45) is -1.33. The van der Waals surface area contributed by atoms with E-state index in [9.17, 15) is 23.1 Å². The van der Waals surface area contributed by atoms with Crippen LogP contribution in [0.3, 0.4) is 0 Å². The number of aliphatic hydroxyl groups is 1. The minimum atomic E-state index is -4.10. The first-order chi connectivity index (χ1) is 22.4. The normalized spacial score (nSPS) is 20.7. The molecular weight excluding hydrogens is 628 g/mol. The first kappa shape index (κ1) is 36.4. The fourth-order valence-electron chi connectivity index (χ4n) is 5.95. The highest BCUT2D eigenvalue weighted by molar-refractivity contribution is 7.89. The SMILES string of the molecule is CNc1cccc(S(=O)(=O)N(C[C@@H](O)[C@H](Cc2ccccc2)NC(=O)O[C@H]2CO[C@H]3OCC[C@H]32)CC(C)(C)CCCNC(=O)OC)c1. The Bertz CT molecular complexity index is 1430. The number of fused-ring (bicyclic) bond motifs is 1. The molecule has 2 amide bonds. The number of anilines is 1. The van der Waals surface area contributed by atoms with Crippen LogP contribution in [0, 0.1) is 11.3 Å². The van der Waals surface area contributed by atoms with E-state index in [2.05, 4.69) is 20.7 Å². The van der Waals surface area contributed by atoms with Gasteiger partial charge in [-0.15, -0.1) is 0 Å². The number of sulfonamides is 1. The molecule has 4 N–H and O–H groups in total. The molecule has 2 aliphatic heterocycles. The lowest BCUT2D eigenvalue weighted by atomic mass is 9.87. The van der Waals surface area contributed by atoms with Gasteiger partial charge in [-0.3, -0.25) is 0 Å². The lowest BCUT2D eigenvalue weighted by molar-refractivity contribution is -0.0907. The third-order valence-electron chi connectivity index (χ3n) is 8.55. The fourth-order valence-corrected chi connectivity index (χ4v) is 7.65. The summed E-state index contributed by atoms with van der Waals surface area (Å²) in [5.74, 6) is -0.0581. The van der Waals surface area contributed by atoms with Crippen molar-refractivity contribution in [2.45, 2.75) is 69.0 Å². The lowest BCUT2D eigenvalue weighted by Crippen LogP contribution is -2.52. The van der Waals surface area contributed by atoms with Crippen LogP contribution in [-0.2, 0) is 35.4 Å². The number of nitrogens with one attached hydrogen (secondary N) is 3. The van der Waals surface area contributed by atoms with Crippen molar-refractivity contribution in [1.29, 1.82) is 0 Å². The summed E-state index contributed by atoms with van der Waals surface area (Å²) in [6, 6.07) is 14.9. The topological polar surface area (TPSA) is 165 Å². The van der Waals surface area contributed by atoms with Gasteiger partial charge in [-0.2, -0.15) is 4.31 Å².